The Balaban J connectivity index is 1.47. The van der Waals surface area contributed by atoms with E-state index in [0.717, 1.165) is 31.0 Å². The van der Waals surface area contributed by atoms with Crippen LogP contribution >= 0.6 is 35.3 Å². The van der Waals surface area contributed by atoms with Gasteiger partial charge in [0, 0.05) is 12.0 Å². The van der Waals surface area contributed by atoms with Crippen molar-refractivity contribution in [2.45, 2.75) is 69.0 Å². The number of amides is 1. The number of carboxylic acid groups (broad SMARTS) is 1. The van der Waals surface area contributed by atoms with Crippen LogP contribution in [0.5, 0.6) is 0 Å². The van der Waals surface area contributed by atoms with Gasteiger partial charge >= 0.3 is 5.97 Å². The van der Waals surface area contributed by atoms with Crippen LogP contribution in [-0.4, -0.2) is 55.9 Å². The van der Waals surface area contributed by atoms with E-state index in [1.807, 2.05) is 12.2 Å². The number of hydrogen-bond donors (Lipinski definition) is 3. The van der Waals surface area contributed by atoms with Crippen LogP contribution in [-0.2, 0) is 9.59 Å². The number of carboxylic acids is 1. The summed E-state index contributed by atoms with van der Waals surface area (Å²) in [6.45, 7) is 6.86. The van der Waals surface area contributed by atoms with Crippen molar-refractivity contribution in [2.24, 2.45) is 23.2 Å². The number of thioether (sulfide) groups is 1. The first-order valence-corrected chi connectivity index (χ1v) is 13.3. The summed E-state index contributed by atoms with van der Waals surface area (Å²) >= 11 is 9.22. The maximum atomic E-state index is 13.3. The number of fused-ring (bicyclic) bond motifs is 1. The summed E-state index contributed by atoms with van der Waals surface area (Å²) in [5, 5.41) is 21.1. The second kappa shape index (κ2) is 9.37. The number of carbonyl (C=O) groups excluding carboxylic acids is 1. The van der Waals surface area contributed by atoms with E-state index in [0.29, 0.717) is 11.3 Å². The first-order valence-electron chi connectivity index (χ1n) is 11.1. The number of hydrogen-bond acceptors (Lipinski definition) is 6. The molecule has 4 rings (SSSR count). The fourth-order valence-electron chi connectivity index (χ4n) is 5.18. The molecule has 3 N–H and O–H groups in total. The number of likely N-dealkylation sites (tertiary alicyclic amines) is 1. The Morgan fingerprint density at radius 1 is 1.31 bits per heavy atom. The molecular formula is C23H31ClN2O4S2. The zero-order chi connectivity index (χ0) is 23.2. The molecule has 6 nitrogen and oxygen atoms in total. The molecule has 0 radical (unpaired) electrons. The summed E-state index contributed by atoms with van der Waals surface area (Å²) in [6.07, 6.45) is 9.85. The van der Waals surface area contributed by atoms with Crippen molar-refractivity contribution in [1.82, 2.24) is 9.62 Å². The number of carbonyl (C=O) groups is 2. The summed E-state index contributed by atoms with van der Waals surface area (Å²) in [5.41, 5.74) is 0.299. The highest BCUT2D eigenvalue weighted by Gasteiger charge is 2.57. The molecular weight excluding hydrogens is 468 g/mol. The maximum absolute atomic E-state index is 13.3. The van der Waals surface area contributed by atoms with Crippen LogP contribution in [0.2, 0.25) is 0 Å². The van der Waals surface area contributed by atoms with E-state index in [1.165, 1.54) is 9.81 Å². The molecule has 32 heavy (non-hydrogen) atoms. The molecule has 0 bridgehead atoms. The van der Waals surface area contributed by atoms with Gasteiger partial charge in [0.2, 0.25) is 5.91 Å². The monoisotopic (exact) mass is 498 g/mol. The lowest BCUT2D eigenvalue weighted by molar-refractivity contribution is -0.142. The minimum Gasteiger partial charge on any atom is -0.480 e. The van der Waals surface area contributed by atoms with Gasteiger partial charge in [0.25, 0.3) is 0 Å². The number of nitrogens with one attached hydrogen (secondary N) is 1. The number of aliphatic hydroxyl groups excluding tert-OH is 1. The molecule has 1 amide bonds. The SMILES string of the molecule is CC(C)(C)[C@H]1CC=C(SN[C@@H]2C=C[C@H](Cl)C3C(=O)N(C4C=CSC4C(=O)O)[C@H](O)C32)CC1. The van der Waals surface area contributed by atoms with Gasteiger partial charge in [-0.25, -0.2) is 0 Å². The fourth-order valence-corrected chi connectivity index (χ4v) is 7.38. The third-order valence-electron chi connectivity index (χ3n) is 7.14. The first-order chi connectivity index (χ1) is 15.1. The van der Waals surface area contributed by atoms with Crippen LogP contribution in [0.25, 0.3) is 0 Å². The van der Waals surface area contributed by atoms with Crippen LogP contribution < -0.4 is 4.72 Å². The second-order valence-corrected chi connectivity index (χ2v) is 12.6. The van der Waals surface area contributed by atoms with Crippen molar-refractivity contribution >= 4 is 47.2 Å². The highest BCUT2D eigenvalue weighted by molar-refractivity contribution is 8.03. The van der Waals surface area contributed by atoms with E-state index in [1.54, 1.807) is 23.4 Å². The number of alkyl halides is 1. The molecule has 2 aliphatic heterocycles. The van der Waals surface area contributed by atoms with E-state index in [2.05, 4.69) is 31.6 Å². The molecule has 0 spiro atoms. The highest BCUT2D eigenvalue weighted by Crippen LogP contribution is 2.45. The molecule has 2 aliphatic carbocycles. The number of nitrogens with zero attached hydrogens (tertiary/aromatic N) is 1. The Bertz CT molecular complexity index is 855. The van der Waals surface area contributed by atoms with Crippen molar-refractivity contribution < 1.29 is 19.8 Å². The van der Waals surface area contributed by atoms with Crippen molar-refractivity contribution in [2.75, 3.05) is 0 Å². The number of allylic oxidation sites excluding steroid dienone is 3. The zero-order valence-electron chi connectivity index (χ0n) is 18.5. The van der Waals surface area contributed by atoms with E-state index in [-0.39, 0.29) is 11.9 Å². The topological polar surface area (TPSA) is 89.9 Å². The van der Waals surface area contributed by atoms with Crippen molar-refractivity contribution in [3.05, 3.63) is 34.6 Å². The quantitative estimate of drug-likeness (QED) is 0.300. The van der Waals surface area contributed by atoms with Gasteiger partial charge in [-0.05, 0) is 52.9 Å². The van der Waals surface area contributed by atoms with Crippen LogP contribution in [0.3, 0.4) is 0 Å². The van der Waals surface area contributed by atoms with Gasteiger partial charge in [-0.1, -0.05) is 45.1 Å². The largest absolute Gasteiger partial charge is 0.480 e. The Kier molecular flexibility index (Phi) is 7.09. The van der Waals surface area contributed by atoms with E-state index < -0.39 is 40.7 Å². The molecule has 9 heteroatoms. The summed E-state index contributed by atoms with van der Waals surface area (Å²) < 4.78 is 3.46. The van der Waals surface area contributed by atoms with Crippen LogP contribution in [0.15, 0.2) is 34.6 Å². The van der Waals surface area contributed by atoms with Gasteiger partial charge in [0.05, 0.1) is 17.3 Å². The van der Waals surface area contributed by atoms with Gasteiger partial charge in [-0.15, -0.1) is 23.4 Å². The fraction of sp³-hybridized carbons (Fsp3) is 0.652. The van der Waals surface area contributed by atoms with Crippen LogP contribution in [0.1, 0.15) is 40.0 Å². The predicted molar refractivity (Wildman–Crippen MR) is 130 cm³/mol. The second-order valence-electron chi connectivity index (χ2n) is 10.1. The van der Waals surface area contributed by atoms with Gasteiger partial charge in [0.15, 0.2) is 0 Å². The Hall–Kier alpha value is -0.930. The number of aliphatic hydroxyl groups is 1. The van der Waals surface area contributed by atoms with Crippen molar-refractivity contribution in [1.29, 1.82) is 0 Å². The third kappa shape index (κ3) is 4.53. The molecule has 2 heterocycles. The van der Waals surface area contributed by atoms with Crippen LogP contribution in [0, 0.1) is 23.2 Å². The number of rotatable bonds is 5. The predicted octanol–water partition coefficient (Wildman–Crippen LogP) is 3.98. The third-order valence-corrected chi connectivity index (χ3v) is 9.67. The highest BCUT2D eigenvalue weighted by atomic mass is 35.5. The Labute approximate surface area is 203 Å². The molecule has 8 atom stereocenters. The molecule has 4 aliphatic rings. The molecule has 0 aromatic heterocycles. The summed E-state index contributed by atoms with van der Waals surface area (Å²) in [6, 6.07) is -0.926. The lowest BCUT2D eigenvalue weighted by Crippen LogP contribution is -2.49. The molecule has 1 fully saturated rings. The average molecular weight is 499 g/mol. The maximum Gasteiger partial charge on any atom is 0.319 e. The van der Waals surface area contributed by atoms with Gasteiger partial charge in [-0.3, -0.25) is 14.3 Å². The number of halogens is 1. The first kappa shape index (κ1) is 24.2. The lowest BCUT2D eigenvalue weighted by atomic mass is 9.74. The zero-order valence-corrected chi connectivity index (χ0v) is 20.9. The van der Waals surface area contributed by atoms with E-state index >= 15 is 0 Å². The molecule has 4 unspecified atom stereocenters. The Morgan fingerprint density at radius 3 is 2.69 bits per heavy atom. The normalized spacial score (nSPS) is 39.3. The lowest BCUT2D eigenvalue weighted by Gasteiger charge is -2.35. The van der Waals surface area contributed by atoms with E-state index in [4.69, 9.17) is 11.6 Å². The average Bonchev–Trinajstić information content (AvgIpc) is 3.30. The summed E-state index contributed by atoms with van der Waals surface area (Å²) in [7, 11) is 0. The van der Waals surface area contributed by atoms with Crippen molar-refractivity contribution in [3.63, 3.8) is 0 Å². The van der Waals surface area contributed by atoms with Gasteiger partial charge in [0.1, 0.15) is 11.5 Å². The smallest absolute Gasteiger partial charge is 0.319 e. The minimum atomic E-state index is -1.10. The molecule has 0 aromatic rings. The molecule has 0 aromatic carbocycles. The van der Waals surface area contributed by atoms with Crippen molar-refractivity contribution in [3.8, 4) is 0 Å². The van der Waals surface area contributed by atoms with E-state index in [9.17, 15) is 19.8 Å². The van der Waals surface area contributed by atoms with Gasteiger partial charge in [-0.2, -0.15) is 0 Å². The molecule has 176 valence electrons. The summed E-state index contributed by atoms with van der Waals surface area (Å²) in [4.78, 5) is 27.5. The molecule has 0 saturated carbocycles. The van der Waals surface area contributed by atoms with Crippen LogP contribution in [0.4, 0.5) is 0 Å². The minimum absolute atomic E-state index is 0.244. The number of aliphatic carboxylic acids is 1. The summed E-state index contributed by atoms with van der Waals surface area (Å²) in [5.74, 6) is -1.64. The Morgan fingerprint density at radius 2 is 2.06 bits per heavy atom. The molecule has 1 saturated heterocycles. The van der Waals surface area contributed by atoms with Gasteiger partial charge < -0.3 is 15.1 Å². The standard InChI is InChI=1S/C23H31ClN2O4S2/c1-23(2,3)12-4-6-13(7-5-12)32-25-15-9-8-14(24)17-18(15)21(28)26(20(17)27)16-10-11-31-19(16)22(29)30/h6,8-12,14-19,21,25,28H,4-5,7H2,1-3H3,(H,29,30)/t12-,14-,15+,16?,17?,18?,19?,21+/m0/s1.